The van der Waals surface area contributed by atoms with Crippen LogP contribution >= 0.6 is 22.7 Å². The van der Waals surface area contributed by atoms with Gasteiger partial charge in [0.05, 0.1) is 14.1 Å². The first-order valence-corrected chi connectivity index (χ1v) is 12.6. The maximum atomic E-state index is 14.2. The van der Waals surface area contributed by atoms with Crippen molar-refractivity contribution in [3.8, 4) is 0 Å². The summed E-state index contributed by atoms with van der Waals surface area (Å²) in [5.74, 6) is 0. The molecule has 2 rings (SSSR count). The van der Waals surface area contributed by atoms with Crippen molar-refractivity contribution in [1.82, 2.24) is 9.55 Å². The van der Waals surface area contributed by atoms with Crippen LogP contribution < -0.4 is 25.9 Å². The number of H-pyrrole nitrogens is 1. The molecule has 3 radical (unpaired) electrons. The lowest BCUT2D eigenvalue weighted by atomic mass is 10.2. The Morgan fingerprint density at radius 2 is 1.90 bits per heavy atom. The van der Waals surface area contributed by atoms with Crippen LogP contribution in [-0.2, 0) is 27.3 Å². The minimum absolute atomic E-state index is 0.0827. The molecule has 1 aliphatic heterocycles. The van der Waals surface area contributed by atoms with Crippen LogP contribution in [-0.4, -0.2) is 41.4 Å². The van der Waals surface area contributed by atoms with Gasteiger partial charge < -0.3 is 45.2 Å². The van der Waals surface area contributed by atoms with Crippen LogP contribution in [0.2, 0.25) is 0 Å². The Hall–Kier alpha value is -1.02. The van der Waals surface area contributed by atoms with Crippen LogP contribution in [0.15, 0.2) is 15.8 Å². The molecule has 1 aliphatic rings. The summed E-state index contributed by atoms with van der Waals surface area (Å²) in [6.45, 7) is 0.208. The SMILES string of the molecule is [B-]P(=O)(OCC1OC(n2cc(C)c(=O)[nH]c2=O)CC1F)OP(=O)([O-])C(F)(F)P(=O)([O-])[O-]. The predicted octanol–water partition coefficient (Wildman–Crippen LogP) is -1.20. The van der Waals surface area contributed by atoms with Crippen molar-refractivity contribution in [3.05, 3.63) is 32.6 Å². The molecule has 0 amide bonds. The molecule has 175 valence electrons. The number of hydrogen-bond acceptors (Lipinski definition) is 11. The molecule has 0 spiro atoms. The second-order valence-electron chi connectivity index (χ2n) is 6.28. The first-order chi connectivity index (χ1) is 13.9. The van der Waals surface area contributed by atoms with Crippen molar-refractivity contribution in [2.75, 3.05) is 6.61 Å². The van der Waals surface area contributed by atoms with E-state index >= 15 is 0 Å². The Bertz CT molecular complexity index is 1100. The van der Waals surface area contributed by atoms with Crippen molar-refractivity contribution in [1.29, 1.82) is 0 Å². The minimum Gasteiger partial charge on any atom is -0.806 e. The van der Waals surface area contributed by atoms with Gasteiger partial charge >= 0.3 is 11.1 Å². The van der Waals surface area contributed by atoms with Crippen LogP contribution in [0.25, 0.3) is 0 Å². The van der Waals surface area contributed by atoms with Gasteiger partial charge in [0, 0.05) is 25.8 Å². The molecule has 20 heteroatoms. The summed E-state index contributed by atoms with van der Waals surface area (Å²) in [5.41, 5.74) is -1.56. The van der Waals surface area contributed by atoms with Gasteiger partial charge in [-0.25, -0.2) is 9.18 Å². The van der Waals surface area contributed by atoms with Gasteiger partial charge in [-0.3, -0.25) is 18.7 Å². The van der Waals surface area contributed by atoms with Crippen molar-refractivity contribution in [3.63, 3.8) is 0 Å². The molecule has 5 unspecified atom stereocenters. The minimum atomic E-state index is -7.09. The average Bonchev–Trinajstić information content (AvgIpc) is 2.95. The third-order valence-electron chi connectivity index (χ3n) is 3.92. The third kappa shape index (κ3) is 5.68. The molecule has 1 aromatic rings. The normalized spacial score (nSPS) is 26.4. The number of ether oxygens (including phenoxy) is 1. The third-order valence-corrected chi connectivity index (χ3v) is 8.98. The highest BCUT2D eigenvalue weighted by Crippen LogP contribution is 2.72. The number of halogens is 3. The number of rotatable bonds is 8. The fraction of sp³-hybridized carbons (Fsp3) is 0.636. The number of nitrogens with one attached hydrogen (secondary N) is 1. The lowest BCUT2D eigenvalue weighted by molar-refractivity contribution is -0.331. The van der Waals surface area contributed by atoms with E-state index in [1.165, 1.54) is 6.92 Å². The average molecular weight is 509 g/mol. The number of aryl methyl sites for hydroxylation is 1. The first kappa shape index (κ1) is 26.2. The van der Waals surface area contributed by atoms with E-state index in [-0.39, 0.29) is 5.56 Å². The molecule has 31 heavy (non-hydrogen) atoms. The Balaban J connectivity index is 2.09. The maximum absolute atomic E-state index is 14.2. The zero-order valence-electron chi connectivity index (χ0n) is 15.2. The second kappa shape index (κ2) is 8.73. The number of aromatic nitrogens is 2. The van der Waals surface area contributed by atoms with Crippen LogP contribution in [0.3, 0.4) is 0 Å². The quantitative estimate of drug-likeness (QED) is 0.326. The highest BCUT2D eigenvalue weighted by Gasteiger charge is 2.48. The van der Waals surface area contributed by atoms with Crippen molar-refractivity contribution in [2.24, 2.45) is 0 Å². The van der Waals surface area contributed by atoms with Gasteiger partial charge in [-0.15, -0.1) is 0 Å². The highest BCUT2D eigenvalue weighted by molar-refractivity contribution is 7.85. The van der Waals surface area contributed by atoms with Gasteiger partial charge in [-0.05, 0) is 6.92 Å². The van der Waals surface area contributed by atoms with E-state index in [0.717, 1.165) is 10.8 Å². The van der Waals surface area contributed by atoms with E-state index < -0.39 is 70.9 Å². The fourth-order valence-electron chi connectivity index (χ4n) is 2.36. The largest absolute Gasteiger partial charge is 0.806 e. The topological polar surface area (TPSA) is 203 Å². The van der Waals surface area contributed by atoms with Crippen molar-refractivity contribution >= 4 is 30.2 Å². The number of aromatic amines is 1. The highest BCUT2D eigenvalue weighted by atomic mass is 31.3. The van der Waals surface area contributed by atoms with E-state index in [1.54, 1.807) is 0 Å². The fourth-order valence-corrected chi connectivity index (χ4v) is 6.02. The summed E-state index contributed by atoms with van der Waals surface area (Å²) in [6.07, 6.45) is -4.28. The molecule has 0 bridgehead atoms. The molecule has 2 heterocycles. The number of alkyl halides is 3. The lowest BCUT2D eigenvalue weighted by Gasteiger charge is -2.46. The smallest absolute Gasteiger partial charge is 0.332 e. The van der Waals surface area contributed by atoms with E-state index in [4.69, 9.17) is 12.3 Å². The molecule has 1 fully saturated rings. The van der Waals surface area contributed by atoms with Gasteiger partial charge in [0.1, 0.15) is 18.5 Å². The lowest BCUT2D eigenvalue weighted by Crippen LogP contribution is -2.35. The van der Waals surface area contributed by atoms with Gasteiger partial charge in [0.2, 0.25) is 7.60 Å². The maximum Gasteiger partial charge on any atom is 0.332 e. The molecule has 0 aromatic carbocycles. The summed E-state index contributed by atoms with van der Waals surface area (Å²) in [4.78, 5) is 57.3. The van der Waals surface area contributed by atoms with Crippen molar-refractivity contribution < 1.29 is 55.1 Å². The molecule has 0 aliphatic carbocycles. The standard InChI is InChI=1S/C11H15BF3N2O11P3/c1-5-3-17(10(19)16-9(5)18)8-2-6(13)7(27-8)4-26-31(12,25)28-30(23,24)11(14,15)29(20,21)22/h3,6-8H,2,4H2,1H3,(H,23,24)(H,16,18,19)(H2,20,21,22)/q-1/p-3. The van der Waals surface area contributed by atoms with Gasteiger partial charge in [-0.2, -0.15) is 8.78 Å². The first-order valence-electron chi connectivity index (χ1n) is 7.95. The zero-order valence-corrected chi connectivity index (χ0v) is 17.9. The number of hydrogen-bond donors (Lipinski definition) is 1. The summed E-state index contributed by atoms with van der Waals surface area (Å²) < 4.78 is 87.8. The van der Waals surface area contributed by atoms with E-state index in [9.17, 15) is 51.1 Å². The summed E-state index contributed by atoms with van der Waals surface area (Å²) in [7, 11) is -14.8. The molecule has 5 atom stereocenters. The molecular formula is C11H12BF3N2O11P3-4. The predicted molar refractivity (Wildman–Crippen MR) is 90.0 cm³/mol. The summed E-state index contributed by atoms with van der Waals surface area (Å²) in [6, 6.07) is 0. The molecule has 1 N–H and O–H groups in total. The molecule has 13 nitrogen and oxygen atoms in total. The monoisotopic (exact) mass is 509 g/mol. The van der Waals surface area contributed by atoms with Crippen LogP contribution in [0.5, 0.6) is 0 Å². The Labute approximate surface area is 172 Å². The Kier molecular flexibility index (Phi) is 7.39. The van der Waals surface area contributed by atoms with E-state index in [1.807, 2.05) is 4.98 Å². The van der Waals surface area contributed by atoms with Crippen molar-refractivity contribution in [2.45, 2.75) is 37.3 Å². The van der Waals surface area contributed by atoms with Gasteiger partial charge in [-0.1, -0.05) is 0 Å². The molecule has 1 aromatic heterocycles. The number of nitrogens with zero attached hydrogens (tertiary/aromatic N) is 1. The zero-order chi connectivity index (χ0) is 24.0. The molecule has 0 saturated carbocycles. The van der Waals surface area contributed by atoms with Gasteiger partial charge in [0.15, 0.2) is 0 Å². The van der Waals surface area contributed by atoms with E-state index in [2.05, 4.69) is 8.83 Å². The van der Waals surface area contributed by atoms with Crippen LogP contribution in [0, 0.1) is 6.92 Å². The molecule has 1 saturated heterocycles. The van der Waals surface area contributed by atoms with Crippen LogP contribution in [0.1, 0.15) is 18.2 Å². The Morgan fingerprint density at radius 1 is 1.32 bits per heavy atom. The molecular weight excluding hydrogens is 497 g/mol. The van der Waals surface area contributed by atoms with Crippen LogP contribution in [0.4, 0.5) is 13.2 Å². The summed E-state index contributed by atoms with van der Waals surface area (Å²) in [5, 5.41) is -5.99. The van der Waals surface area contributed by atoms with Gasteiger partial charge in [0.25, 0.3) is 5.56 Å². The summed E-state index contributed by atoms with van der Waals surface area (Å²) >= 11 is 0. The second-order valence-corrected chi connectivity index (χ2v) is 11.7. The van der Waals surface area contributed by atoms with E-state index in [0.29, 0.717) is 0 Å². The Morgan fingerprint density at radius 3 is 2.45 bits per heavy atom.